The van der Waals surface area contributed by atoms with E-state index < -0.39 is 0 Å². The van der Waals surface area contributed by atoms with Gasteiger partial charge in [0.2, 0.25) is 0 Å². The first-order valence-electron chi connectivity index (χ1n) is 5.52. The van der Waals surface area contributed by atoms with Gasteiger partial charge in [-0.2, -0.15) is 12.6 Å². The maximum Gasteiger partial charge on any atom is 0.166 e. The Balaban J connectivity index is 2.04. The molecule has 1 aromatic heterocycles. The van der Waals surface area contributed by atoms with E-state index in [-0.39, 0.29) is 0 Å². The molecular weight excluding hydrogens is 236 g/mol. The van der Waals surface area contributed by atoms with Crippen molar-refractivity contribution >= 4 is 35.4 Å². The lowest BCUT2D eigenvalue weighted by Crippen LogP contribution is -2.03. The van der Waals surface area contributed by atoms with Crippen LogP contribution in [-0.4, -0.2) is 21.5 Å². The molecule has 2 rings (SSSR count). The topological polar surface area (TPSA) is 28.7 Å². The fourth-order valence-electron chi connectivity index (χ4n) is 1.49. The normalized spacial score (nSPS) is 13.1. The van der Waals surface area contributed by atoms with Gasteiger partial charge in [0, 0.05) is 5.75 Å². The van der Waals surface area contributed by atoms with E-state index in [4.69, 9.17) is 0 Å². The summed E-state index contributed by atoms with van der Waals surface area (Å²) in [6.07, 6.45) is 1.18. The van der Waals surface area contributed by atoms with Crippen LogP contribution in [0.25, 0.3) is 11.0 Å². The molecule has 1 heterocycles. The largest absolute Gasteiger partial charge is 0.333 e. The predicted octanol–water partition coefficient (Wildman–Crippen LogP) is 3.61. The molecule has 2 aromatic rings. The molecule has 2 nitrogen and oxygen atoms in total. The maximum absolute atomic E-state index is 4.54. The summed E-state index contributed by atoms with van der Waals surface area (Å²) in [5.41, 5.74) is 2.16. The third-order valence-electron chi connectivity index (χ3n) is 2.66. The molecule has 1 N–H and O–H groups in total. The molecule has 0 aliphatic rings. The number of hydrogen-bond acceptors (Lipinski definition) is 3. The summed E-state index contributed by atoms with van der Waals surface area (Å²) in [4.78, 5) is 7.86. The van der Waals surface area contributed by atoms with Crippen molar-refractivity contribution in [3.05, 3.63) is 24.3 Å². The van der Waals surface area contributed by atoms with Gasteiger partial charge in [-0.05, 0) is 23.8 Å². The molecule has 0 amide bonds. The van der Waals surface area contributed by atoms with Gasteiger partial charge in [0.15, 0.2) is 5.16 Å². The lowest BCUT2D eigenvalue weighted by Gasteiger charge is -2.08. The van der Waals surface area contributed by atoms with E-state index in [9.17, 15) is 0 Å². The number of aromatic nitrogens is 2. The summed E-state index contributed by atoms with van der Waals surface area (Å²) < 4.78 is 0. The minimum Gasteiger partial charge on any atom is -0.333 e. The Morgan fingerprint density at radius 2 is 2.25 bits per heavy atom. The summed E-state index contributed by atoms with van der Waals surface area (Å²) in [6.45, 7) is 2.21. The number of rotatable bonds is 5. The fourth-order valence-corrected chi connectivity index (χ4v) is 3.15. The van der Waals surface area contributed by atoms with Gasteiger partial charge >= 0.3 is 0 Å². The predicted molar refractivity (Wildman–Crippen MR) is 74.5 cm³/mol. The van der Waals surface area contributed by atoms with Gasteiger partial charge in [0.05, 0.1) is 11.0 Å². The summed E-state index contributed by atoms with van der Waals surface area (Å²) in [6, 6.07) is 8.13. The molecule has 86 valence electrons. The Morgan fingerprint density at radius 1 is 1.44 bits per heavy atom. The van der Waals surface area contributed by atoms with Crippen molar-refractivity contribution < 1.29 is 0 Å². The van der Waals surface area contributed by atoms with Crippen LogP contribution in [0.15, 0.2) is 29.4 Å². The second-order valence-corrected chi connectivity index (χ2v) is 5.20. The van der Waals surface area contributed by atoms with Crippen LogP contribution in [0.5, 0.6) is 0 Å². The highest BCUT2D eigenvalue weighted by atomic mass is 32.2. The van der Waals surface area contributed by atoms with Crippen LogP contribution >= 0.6 is 24.4 Å². The van der Waals surface area contributed by atoms with Gasteiger partial charge in [-0.25, -0.2) is 4.98 Å². The van der Waals surface area contributed by atoms with Gasteiger partial charge in [-0.3, -0.25) is 0 Å². The number of fused-ring (bicyclic) bond motifs is 1. The van der Waals surface area contributed by atoms with Crippen molar-refractivity contribution in [3.8, 4) is 0 Å². The van der Waals surface area contributed by atoms with Crippen LogP contribution in [0.3, 0.4) is 0 Å². The minimum atomic E-state index is 0.668. The third-order valence-corrected chi connectivity index (χ3v) is 4.28. The van der Waals surface area contributed by atoms with Gasteiger partial charge < -0.3 is 4.98 Å². The average Bonchev–Trinajstić information content (AvgIpc) is 2.73. The Hall–Kier alpha value is -0.610. The molecule has 0 bridgehead atoms. The zero-order valence-electron chi connectivity index (χ0n) is 9.31. The SMILES string of the molecule is CCC(CS)CSc1nc2ccccc2[nH]1. The number of hydrogen-bond donors (Lipinski definition) is 2. The molecule has 4 heteroatoms. The van der Waals surface area contributed by atoms with E-state index in [0.29, 0.717) is 5.92 Å². The first kappa shape index (κ1) is 11.9. The quantitative estimate of drug-likeness (QED) is 0.628. The van der Waals surface area contributed by atoms with Crippen molar-refractivity contribution in [2.24, 2.45) is 5.92 Å². The molecule has 0 fully saturated rings. The summed E-state index contributed by atoms with van der Waals surface area (Å²) in [5.74, 6) is 2.70. The zero-order chi connectivity index (χ0) is 11.4. The van der Waals surface area contributed by atoms with E-state index in [1.807, 2.05) is 18.2 Å². The number of imidazole rings is 1. The standard InChI is InChI=1S/C12H16N2S2/c1-2-9(7-15)8-16-12-13-10-5-3-4-6-11(10)14-12/h3-6,9,15H,2,7-8H2,1H3,(H,13,14). The zero-order valence-corrected chi connectivity index (χ0v) is 11.0. The van der Waals surface area contributed by atoms with Gasteiger partial charge in [0.25, 0.3) is 0 Å². The maximum atomic E-state index is 4.54. The number of thioether (sulfide) groups is 1. The monoisotopic (exact) mass is 252 g/mol. The fraction of sp³-hybridized carbons (Fsp3) is 0.417. The number of nitrogens with one attached hydrogen (secondary N) is 1. The number of benzene rings is 1. The van der Waals surface area contributed by atoms with Crippen LogP contribution in [0.4, 0.5) is 0 Å². The lowest BCUT2D eigenvalue weighted by atomic mass is 10.2. The number of nitrogens with zero attached hydrogens (tertiary/aromatic N) is 1. The highest BCUT2D eigenvalue weighted by Gasteiger charge is 2.07. The van der Waals surface area contributed by atoms with Crippen molar-refractivity contribution in [3.63, 3.8) is 0 Å². The van der Waals surface area contributed by atoms with Crippen molar-refractivity contribution in [1.29, 1.82) is 0 Å². The molecule has 1 unspecified atom stereocenters. The Morgan fingerprint density at radius 3 is 2.94 bits per heavy atom. The molecule has 16 heavy (non-hydrogen) atoms. The highest BCUT2D eigenvalue weighted by molar-refractivity contribution is 7.99. The summed E-state index contributed by atoms with van der Waals surface area (Å²) in [5, 5.41) is 1.02. The third kappa shape index (κ3) is 2.74. The van der Waals surface area contributed by atoms with Gasteiger partial charge in [0.1, 0.15) is 0 Å². The molecular formula is C12H16N2S2. The second-order valence-electron chi connectivity index (χ2n) is 3.83. The molecule has 0 aliphatic heterocycles. The van der Waals surface area contributed by atoms with Crippen LogP contribution in [-0.2, 0) is 0 Å². The first-order chi connectivity index (χ1) is 7.83. The van der Waals surface area contributed by atoms with Crippen LogP contribution in [0.1, 0.15) is 13.3 Å². The number of para-hydroxylation sites is 2. The average molecular weight is 252 g/mol. The van der Waals surface area contributed by atoms with E-state index in [2.05, 4.69) is 35.6 Å². The molecule has 0 spiro atoms. The van der Waals surface area contributed by atoms with Gasteiger partial charge in [-0.15, -0.1) is 0 Å². The summed E-state index contributed by atoms with van der Waals surface area (Å²) in [7, 11) is 0. The molecule has 1 aromatic carbocycles. The number of H-pyrrole nitrogens is 1. The Labute approximate surface area is 106 Å². The Kier molecular flexibility index (Phi) is 4.18. The van der Waals surface area contributed by atoms with E-state index in [0.717, 1.165) is 27.7 Å². The molecule has 0 saturated heterocycles. The van der Waals surface area contributed by atoms with Crippen molar-refractivity contribution in [2.75, 3.05) is 11.5 Å². The van der Waals surface area contributed by atoms with Crippen LogP contribution < -0.4 is 0 Å². The van der Waals surface area contributed by atoms with E-state index >= 15 is 0 Å². The minimum absolute atomic E-state index is 0.668. The van der Waals surface area contributed by atoms with Crippen LogP contribution in [0, 0.1) is 5.92 Å². The number of thiol groups is 1. The van der Waals surface area contributed by atoms with Crippen molar-refractivity contribution in [1.82, 2.24) is 9.97 Å². The first-order valence-corrected chi connectivity index (χ1v) is 7.13. The lowest BCUT2D eigenvalue weighted by molar-refractivity contribution is 0.649. The molecule has 1 atom stereocenters. The van der Waals surface area contributed by atoms with Crippen molar-refractivity contribution in [2.45, 2.75) is 18.5 Å². The Bertz CT molecular complexity index is 416. The molecule has 0 saturated carbocycles. The van der Waals surface area contributed by atoms with Gasteiger partial charge in [-0.1, -0.05) is 37.2 Å². The smallest absolute Gasteiger partial charge is 0.166 e. The number of aromatic amines is 1. The van der Waals surface area contributed by atoms with E-state index in [1.54, 1.807) is 11.8 Å². The van der Waals surface area contributed by atoms with Crippen LogP contribution in [0.2, 0.25) is 0 Å². The second kappa shape index (κ2) is 5.64. The summed E-state index contributed by atoms with van der Waals surface area (Å²) >= 11 is 6.14. The van der Waals surface area contributed by atoms with E-state index in [1.165, 1.54) is 6.42 Å². The highest BCUT2D eigenvalue weighted by Crippen LogP contribution is 2.22. The molecule has 0 radical (unpaired) electrons. The molecule has 0 aliphatic carbocycles.